The molecular formula is C22H28ClN5O6. The predicted octanol–water partition coefficient (Wildman–Crippen LogP) is 2.04. The number of nitrogens with one attached hydrogen (secondary N) is 1. The van der Waals surface area contributed by atoms with Crippen molar-refractivity contribution in [3.05, 3.63) is 36.5 Å². The quantitative estimate of drug-likeness (QED) is 0.408. The van der Waals surface area contributed by atoms with Crippen molar-refractivity contribution in [2.75, 3.05) is 33.8 Å². The Labute approximate surface area is 203 Å². The van der Waals surface area contributed by atoms with Gasteiger partial charge in [-0.15, -0.1) is 17.5 Å². The molecule has 2 aromatic carbocycles. The van der Waals surface area contributed by atoms with Crippen LogP contribution in [0, 0.1) is 0 Å². The predicted molar refractivity (Wildman–Crippen MR) is 129 cm³/mol. The molecule has 1 aromatic heterocycles. The molecular weight excluding hydrogens is 466 g/mol. The van der Waals surface area contributed by atoms with Gasteiger partial charge in [0.2, 0.25) is 11.7 Å². The average Bonchev–Trinajstić information content (AvgIpc) is 3.32. The van der Waals surface area contributed by atoms with Crippen LogP contribution in [0.5, 0.6) is 23.0 Å². The maximum absolute atomic E-state index is 12.4. The zero-order valence-electron chi connectivity index (χ0n) is 19.4. The lowest BCUT2D eigenvalue weighted by Gasteiger charge is -2.17. The Bertz CT molecular complexity index is 1110. The molecule has 0 aliphatic carbocycles. The first-order valence-electron chi connectivity index (χ1n) is 9.98. The molecule has 2 atom stereocenters. The number of aromatic nitrogens is 3. The summed E-state index contributed by atoms with van der Waals surface area (Å²) >= 11 is 0. The second-order valence-corrected chi connectivity index (χ2v) is 7.09. The van der Waals surface area contributed by atoms with Crippen LogP contribution in [0.1, 0.15) is 6.92 Å². The van der Waals surface area contributed by atoms with Crippen LogP contribution in [0.3, 0.4) is 0 Å². The fourth-order valence-electron chi connectivity index (χ4n) is 3.21. The molecule has 11 nitrogen and oxygen atoms in total. The monoisotopic (exact) mass is 493 g/mol. The fraction of sp³-hybridized carbons (Fsp3) is 0.318. The highest BCUT2D eigenvalue weighted by atomic mass is 35.5. The first kappa shape index (κ1) is 26.7. The zero-order chi connectivity index (χ0) is 24.1. The third-order valence-corrected chi connectivity index (χ3v) is 5.02. The van der Waals surface area contributed by atoms with Gasteiger partial charge in [-0.1, -0.05) is 5.21 Å². The summed E-state index contributed by atoms with van der Waals surface area (Å²) < 4.78 is 23.2. The first-order valence-corrected chi connectivity index (χ1v) is 9.98. The Morgan fingerprint density at radius 2 is 1.65 bits per heavy atom. The molecule has 0 fully saturated rings. The number of nitrogens with two attached hydrogens (primary N) is 1. The lowest BCUT2D eigenvalue weighted by molar-refractivity contribution is -0.119. The topological polar surface area (TPSA) is 143 Å². The highest BCUT2D eigenvalue weighted by Gasteiger charge is 2.21. The van der Waals surface area contributed by atoms with Gasteiger partial charge in [-0.2, -0.15) is 0 Å². The number of hydrogen-bond acceptors (Lipinski definition) is 9. The third kappa shape index (κ3) is 5.33. The maximum atomic E-state index is 12.4. The lowest BCUT2D eigenvalue weighted by Crippen LogP contribution is -2.43. The number of rotatable bonds is 9. The van der Waals surface area contributed by atoms with Gasteiger partial charge in [-0.25, -0.2) is 4.68 Å². The second kappa shape index (κ2) is 11.5. The van der Waals surface area contributed by atoms with Crippen LogP contribution in [-0.4, -0.2) is 66.6 Å². The molecule has 0 aliphatic rings. The van der Waals surface area contributed by atoms with E-state index in [4.69, 9.17) is 24.7 Å². The number of halogens is 1. The highest BCUT2D eigenvalue weighted by molar-refractivity contribution is 5.97. The van der Waals surface area contributed by atoms with Crippen molar-refractivity contribution >= 4 is 24.0 Å². The summed E-state index contributed by atoms with van der Waals surface area (Å²) in [6.45, 7) is 1.44. The van der Waals surface area contributed by atoms with Crippen LogP contribution in [-0.2, 0) is 4.79 Å². The average molecular weight is 494 g/mol. The molecule has 0 bridgehead atoms. The zero-order valence-corrected chi connectivity index (χ0v) is 20.3. The van der Waals surface area contributed by atoms with Crippen molar-refractivity contribution in [3.8, 4) is 39.9 Å². The van der Waals surface area contributed by atoms with Crippen molar-refractivity contribution in [1.82, 2.24) is 15.0 Å². The van der Waals surface area contributed by atoms with Crippen molar-refractivity contribution in [1.29, 1.82) is 0 Å². The lowest BCUT2D eigenvalue weighted by atomic mass is 10.1. The molecule has 0 spiro atoms. The van der Waals surface area contributed by atoms with Crippen molar-refractivity contribution < 1.29 is 28.8 Å². The largest absolute Gasteiger partial charge is 0.495 e. The number of methoxy groups -OCH3 is 4. The molecule has 3 rings (SSSR count). The molecule has 12 heteroatoms. The van der Waals surface area contributed by atoms with E-state index in [1.165, 1.54) is 35.4 Å². The molecule has 34 heavy (non-hydrogen) atoms. The number of hydrogen-bond donors (Lipinski definition) is 3. The smallest absolute Gasteiger partial charge is 0.244 e. The number of amides is 1. The van der Waals surface area contributed by atoms with E-state index >= 15 is 0 Å². The molecule has 0 radical (unpaired) electrons. The third-order valence-electron chi connectivity index (χ3n) is 5.02. The van der Waals surface area contributed by atoms with Crippen LogP contribution in [0.2, 0.25) is 0 Å². The first-order chi connectivity index (χ1) is 15.8. The Hall–Kier alpha value is -3.54. The molecule has 1 heterocycles. The van der Waals surface area contributed by atoms with E-state index in [1.807, 2.05) is 0 Å². The van der Waals surface area contributed by atoms with E-state index in [0.717, 1.165) is 0 Å². The Morgan fingerprint density at radius 3 is 2.18 bits per heavy atom. The summed E-state index contributed by atoms with van der Waals surface area (Å²) in [5.41, 5.74) is 8.07. The minimum atomic E-state index is -1.09. The number of benzene rings is 2. The van der Waals surface area contributed by atoms with Gasteiger partial charge in [0, 0.05) is 17.7 Å². The fourth-order valence-corrected chi connectivity index (χ4v) is 3.21. The standard InChI is InChI=1S/C22H27N5O6.ClH/c1-12(28)20(23)22(29)25-15-8-13(6-7-17(15)30-2)16-11-24-26-27(16)14-9-18(31-3)21(33-5)19(10-14)32-4;/h6-12,20,28H,23H2,1-5H3,(H,25,29);1H. The van der Waals surface area contributed by atoms with Crippen LogP contribution in [0.4, 0.5) is 5.69 Å². The van der Waals surface area contributed by atoms with E-state index in [0.29, 0.717) is 45.6 Å². The number of carbonyl (C=O) groups is 1. The van der Waals surface area contributed by atoms with Crippen LogP contribution in [0.25, 0.3) is 16.9 Å². The number of ether oxygens (including phenoxy) is 4. The highest BCUT2D eigenvalue weighted by Crippen LogP contribution is 2.40. The summed E-state index contributed by atoms with van der Waals surface area (Å²) in [5, 5.41) is 20.6. The second-order valence-electron chi connectivity index (χ2n) is 7.09. The summed E-state index contributed by atoms with van der Waals surface area (Å²) in [6.07, 6.45) is 0.572. The van der Waals surface area contributed by atoms with E-state index in [2.05, 4.69) is 15.6 Å². The minimum Gasteiger partial charge on any atom is -0.495 e. The van der Waals surface area contributed by atoms with Gasteiger partial charge in [0.05, 0.1) is 57.8 Å². The Kier molecular flexibility index (Phi) is 9.07. The normalized spacial score (nSPS) is 12.2. The molecule has 0 aliphatic heterocycles. The number of aliphatic hydroxyl groups excluding tert-OH is 1. The number of aliphatic hydroxyl groups is 1. The molecule has 0 saturated carbocycles. The van der Waals surface area contributed by atoms with E-state index in [-0.39, 0.29) is 12.4 Å². The van der Waals surface area contributed by atoms with Gasteiger partial charge in [-0.3, -0.25) is 4.79 Å². The maximum Gasteiger partial charge on any atom is 0.244 e. The SMILES string of the molecule is COc1ccc(-c2cnnn2-c2cc(OC)c(OC)c(OC)c2)cc1NC(=O)C(N)C(C)O.Cl. The minimum absolute atomic E-state index is 0. The number of nitrogens with zero attached hydrogens (tertiary/aromatic N) is 3. The summed E-state index contributed by atoms with van der Waals surface area (Å²) in [4.78, 5) is 12.4. The number of carbonyl (C=O) groups excluding carboxylic acids is 1. The summed E-state index contributed by atoms with van der Waals surface area (Å²) in [6, 6.07) is 7.60. The van der Waals surface area contributed by atoms with E-state index in [9.17, 15) is 9.90 Å². The van der Waals surface area contributed by atoms with Gasteiger partial charge in [0.25, 0.3) is 0 Å². The number of anilines is 1. The van der Waals surface area contributed by atoms with Gasteiger partial charge < -0.3 is 35.1 Å². The molecule has 0 saturated heterocycles. The van der Waals surface area contributed by atoms with E-state index < -0.39 is 18.1 Å². The van der Waals surface area contributed by atoms with Crippen LogP contribution < -0.4 is 30.0 Å². The molecule has 184 valence electrons. The van der Waals surface area contributed by atoms with Crippen LogP contribution in [0.15, 0.2) is 36.5 Å². The molecule has 2 unspecified atom stereocenters. The summed E-state index contributed by atoms with van der Waals surface area (Å²) in [5.74, 6) is 1.26. The van der Waals surface area contributed by atoms with Gasteiger partial charge in [0.15, 0.2) is 11.5 Å². The molecule has 4 N–H and O–H groups in total. The summed E-state index contributed by atoms with van der Waals surface area (Å²) in [7, 11) is 6.07. The van der Waals surface area contributed by atoms with E-state index in [1.54, 1.807) is 41.2 Å². The van der Waals surface area contributed by atoms with Crippen LogP contribution >= 0.6 is 12.4 Å². The molecule has 1 amide bonds. The van der Waals surface area contributed by atoms with Crippen molar-refractivity contribution in [2.24, 2.45) is 5.73 Å². The van der Waals surface area contributed by atoms with Crippen molar-refractivity contribution in [3.63, 3.8) is 0 Å². The van der Waals surface area contributed by atoms with Gasteiger partial charge in [-0.05, 0) is 25.1 Å². The Balaban J connectivity index is 0.00000408. The van der Waals surface area contributed by atoms with Gasteiger partial charge >= 0.3 is 0 Å². The van der Waals surface area contributed by atoms with Gasteiger partial charge in [0.1, 0.15) is 11.8 Å². The molecule has 3 aromatic rings. The Morgan fingerprint density at radius 1 is 1.03 bits per heavy atom. The van der Waals surface area contributed by atoms with Crippen molar-refractivity contribution in [2.45, 2.75) is 19.1 Å².